The first-order chi connectivity index (χ1) is 8.28. The summed E-state index contributed by atoms with van der Waals surface area (Å²) < 4.78 is 53.9. The van der Waals surface area contributed by atoms with Gasteiger partial charge in [-0.1, -0.05) is 0 Å². The van der Waals surface area contributed by atoms with Gasteiger partial charge < -0.3 is 10.1 Å². The topological polar surface area (TPSA) is 21.3 Å². The lowest BCUT2D eigenvalue weighted by Gasteiger charge is -2.17. The Balaban J connectivity index is 2.42. The van der Waals surface area contributed by atoms with Crippen LogP contribution in [-0.4, -0.2) is 25.4 Å². The maximum atomic E-state index is 12.8. The highest BCUT2D eigenvalue weighted by atomic mass is 19.4. The van der Waals surface area contributed by atoms with Crippen molar-refractivity contribution in [3.63, 3.8) is 0 Å². The molecule has 0 spiro atoms. The lowest BCUT2D eigenvalue weighted by molar-refractivity contribution is -0.125. The summed E-state index contributed by atoms with van der Waals surface area (Å²) in [6.07, 6.45) is -4.66. The van der Waals surface area contributed by atoms with Gasteiger partial charge in [-0.05, 0) is 37.6 Å². The highest BCUT2D eigenvalue weighted by Gasteiger charge is 2.26. The zero-order valence-corrected chi connectivity index (χ0v) is 10.1. The van der Waals surface area contributed by atoms with Crippen LogP contribution in [0.1, 0.15) is 12.5 Å². The summed E-state index contributed by atoms with van der Waals surface area (Å²) in [5.74, 6) is 0.0976. The van der Waals surface area contributed by atoms with E-state index in [9.17, 15) is 17.6 Å². The summed E-state index contributed by atoms with van der Waals surface area (Å²) in [4.78, 5) is 0. The predicted molar refractivity (Wildman–Crippen MR) is 60.2 cm³/mol. The van der Waals surface area contributed by atoms with E-state index in [4.69, 9.17) is 4.74 Å². The van der Waals surface area contributed by atoms with Gasteiger partial charge in [-0.2, -0.15) is 13.2 Å². The van der Waals surface area contributed by atoms with E-state index >= 15 is 0 Å². The Morgan fingerprint density at radius 2 is 2.00 bits per heavy atom. The van der Waals surface area contributed by atoms with Crippen LogP contribution in [0.15, 0.2) is 18.2 Å². The zero-order chi connectivity index (χ0) is 13.8. The molecule has 1 atom stereocenters. The first-order valence-corrected chi connectivity index (χ1v) is 5.48. The number of hydrogen-bond acceptors (Lipinski definition) is 2. The maximum Gasteiger partial charge on any atom is 0.401 e. The summed E-state index contributed by atoms with van der Waals surface area (Å²) in [6.45, 7) is 2.33. The van der Waals surface area contributed by atoms with Crippen LogP contribution < -0.4 is 10.1 Å². The molecular formula is C12H15F4NO. The van der Waals surface area contributed by atoms with Crippen molar-refractivity contribution in [2.24, 2.45) is 0 Å². The minimum Gasteiger partial charge on any atom is -0.489 e. The summed E-state index contributed by atoms with van der Waals surface area (Å²) in [7, 11) is 0. The molecule has 0 radical (unpaired) electrons. The minimum atomic E-state index is -4.23. The molecular weight excluding hydrogens is 250 g/mol. The fourth-order valence-corrected chi connectivity index (χ4v) is 1.42. The Kier molecular flexibility index (Phi) is 4.95. The molecule has 0 aliphatic heterocycles. The second kappa shape index (κ2) is 6.04. The van der Waals surface area contributed by atoms with Crippen LogP contribution in [0.25, 0.3) is 0 Å². The van der Waals surface area contributed by atoms with Gasteiger partial charge in [0, 0.05) is 6.54 Å². The molecule has 1 N–H and O–H groups in total. The van der Waals surface area contributed by atoms with Crippen LogP contribution in [0.5, 0.6) is 5.75 Å². The monoisotopic (exact) mass is 265 g/mol. The number of halogens is 4. The second-order valence-corrected chi connectivity index (χ2v) is 4.08. The van der Waals surface area contributed by atoms with E-state index in [1.165, 1.54) is 18.2 Å². The van der Waals surface area contributed by atoms with Gasteiger partial charge in [-0.25, -0.2) is 4.39 Å². The highest BCUT2D eigenvalue weighted by Crippen LogP contribution is 2.19. The molecule has 1 unspecified atom stereocenters. The molecule has 0 aliphatic carbocycles. The van der Waals surface area contributed by atoms with Crippen molar-refractivity contribution in [1.82, 2.24) is 5.32 Å². The van der Waals surface area contributed by atoms with Crippen LogP contribution in [-0.2, 0) is 0 Å². The van der Waals surface area contributed by atoms with Gasteiger partial charge in [-0.15, -0.1) is 0 Å². The molecule has 0 aromatic heterocycles. The number of aryl methyl sites for hydroxylation is 1. The minimum absolute atomic E-state index is 0.0658. The van der Waals surface area contributed by atoms with Gasteiger partial charge in [0.25, 0.3) is 0 Å². The molecule has 18 heavy (non-hydrogen) atoms. The van der Waals surface area contributed by atoms with Crippen molar-refractivity contribution in [2.75, 3.05) is 13.1 Å². The molecule has 1 aromatic rings. The molecule has 0 heterocycles. The number of rotatable bonds is 5. The fourth-order valence-electron chi connectivity index (χ4n) is 1.42. The Morgan fingerprint density at radius 1 is 1.33 bits per heavy atom. The van der Waals surface area contributed by atoms with E-state index in [1.54, 1.807) is 13.8 Å². The van der Waals surface area contributed by atoms with Crippen LogP contribution in [0, 0.1) is 12.7 Å². The van der Waals surface area contributed by atoms with Gasteiger partial charge in [-0.3, -0.25) is 0 Å². The van der Waals surface area contributed by atoms with Crippen LogP contribution in [0.4, 0.5) is 17.6 Å². The Labute approximate surface area is 103 Å². The van der Waals surface area contributed by atoms with Crippen molar-refractivity contribution in [3.05, 3.63) is 29.6 Å². The number of alkyl halides is 3. The van der Waals surface area contributed by atoms with Gasteiger partial charge in [0.15, 0.2) is 0 Å². The molecule has 2 nitrogen and oxygen atoms in total. The SMILES string of the molecule is Cc1cc(F)ccc1OC(C)CNCC(F)(F)F. The van der Waals surface area contributed by atoms with Crippen LogP contribution in [0.2, 0.25) is 0 Å². The van der Waals surface area contributed by atoms with E-state index in [-0.39, 0.29) is 12.4 Å². The van der Waals surface area contributed by atoms with Crippen molar-refractivity contribution in [3.8, 4) is 5.75 Å². The Morgan fingerprint density at radius 3 is 2.56 bits per heavy atom. The molecule has 1 aromatic carbocycles. The van der Waals surface area contributed by atoms with E-state index in [0.717, 1.165) is 0 Å². The third-order valence-electron chi connectivity index (χ3n) is 2.22. The third-order valence-corrected chi connectivity index (χ3v) is 2.22. The van der Waals surface area contributed by atoms with Crippen molar-refractivity contribution < 1.29 is 22.3 Å². The molecule has 0 fully saturated rings. The average Bonchev–Trinajstić information content (AvgIpc) is 2.20. The van der Waals surface area contributed by atoms with Crippen molar-refractivity contribution in [2.45, 2.75) is 26.1 Å². The van der Waals surface area contributed by atoms with E-state index < -0.39 is 18.8 Å². The first kappa shape index (κ1) is 14.8. The average molecular weight is 265 g/mol. The molecule has 0 aliphatic rings. The molecule has 102 valence electrons. The summed E-state index contributed by atoms with van der Waals surface area (Å²) in [5.41, 5.74) is 0.609. The summed E-state index contributed by atoms with van der Waals surface area (Å²) in [5, 5.41) is 2.25. The normalized spacial score (nSPS) is 13.4. The highest BCUT2D eigenvalue weighted by molar-refractivity contribution is 5.32. The van der Waals surface area contributed by atoms with E-state index in [0.29, 0.717) is 11.3 Å². The summed E-state index contributed by atoms with van der Waals surface area (Å²) >= 11 is 0. The van der Waals surface area contributed by atoms with Gasteiger partial charge in [0.05, 0.1) is 6.54 Å². The van der Waals surface area contributed by atoms with Crippen molar-refractivity contribution >= 4 is 0 Å². The van der Waals surface area contributed by atoms with Gasteiger partial charge in [0.1, 0.15) is 17.7 Å². The smallest absolute Gasteiger partial charge is 0.401 e. The second-order valence-electron chi connectivity index (χ2n) is 4.08. The van der Waals surface area contributed by atoms with E-state index in [2.05, 4.69) is 5.32 Å². The standard InChI is InChI=1S/C12H15F4NO/c1-8-5-10(13)3-4-11(8)18-9(2)6-17-7-12(14,15)16/h3-5,9,17H,6-7H2,1-2H3. The molecule has 0 saturated heterocycles. The Hall–Kier alpha value is -1.30. The van der Waals surface area contributed by atoms with Crippen LogP contribution >= 0.6 is 0 Å². The lowest BCUT2D eigenvalue weighted by atomic mass is 10.2. The largest absolute Gasteiger partial charge is 0.489 e. The molecule has 0 saturated carbocycles. The fraction of sp³-hybridized carbons (Fsp3) is 0.500. The zero-order valence-electron chi connectivity index (χ0n) is 10.1. The number of hydrogen-bond donors (Lipinski definition) is 1. The first-order valence-electron chi connectivity index (χ1n) is 5.48. The van der Waals surface area contributed by atoms with Gasteiger partial charge in [0.2, 0.25) is 0 Å². The predicted octanol–water partition coefficient (Wildman–Crippen LogP) is 3.05. The lowest BCUT2D eigenvalue weighted by Crippen LogP contribution is -2.35. The number of ether oxygens (including phenoxy) is 1. The maximum absolute atomic E-state index is 12.8. The number of benzene rings is 1. The molecule has 0 amide bonds. The quantitative estimate of drug-likeness (QED) is 0.826. The van der Waals surface area contributed by atoms with Crippen molar-refractivity contribution in [1.29, 1.82) is 0 Å². The molecule has 6 heteroatoms. The number of nitrogens with one attached hydrogen (secondary N) is 1. The molecule has 0 bridgehead atoms. The van der Waals surface area contributed by atoms with Crippen LogP contribution in [0.3, 0.4) is 0 Å². The Bertz CT molecular complexity index is 392. The third kappa shape index (κ3) is 5.35. The molecule has 1 rings (SSSR count). The van der Waals surface area contributed by atoms with Gasteiger partial charge >= 0.3 is 6.18 Å². The summed E-state index contributed by atoms with van der Waals surface area (Å²) in [6, 6.07) is 4.02. The van der Waals surface area contributed by atoms with E-state index in [1.807, 2.05) is 0 Å².